The van der Waals surface area contributed by atoms with Crippen LogP contribution in [0.15, 0.2) is 12.2 Å². The lowest BCUT2D eigenvalue weighted by Crippen LogP contribution is -2.50. The van der Waals surface area contributed by atoms with E-state index in [-0.39, 0.29) is 17.7 Å². The maximum Gasteiger partial charge on any atom is 0.253 e. The third-order valence-electron chi connectivity index (χ3n) is 5.67. The van der Waals surface area contributed by atoms with E-state index in [2.05, 4.69) is 11.8 Å². The van der Waals surface area contributed by atoms with Crippen LogP contribution in [0.5, 0.6) is 0 Å². The fourth-order valence-electron chi connectivity index (χ4n) is 4.00. The number of likely N-dealkylation sites (N-methyl/N-ethyl adjacent to an activating group) is 1. The van der Waals surface area contributed by atoms with Crippen molar-refractivity contribution in [2.45, 2.75) is 32.6 Å². The van der Waals surface area contributed by atoms with Gasteiger partial charge in [-0.15, -0.1) is 0 Å². The van der Waals surface area contributed by atoms with Crippen LogP contribution in [-0.4, -0.2) is 71.7 Å². The molecular weight excluding hydrogens is 306 g/mol. The van der Waals surface area contributed by atoms with Gasteiger partial charge in [-0.3, -0.25) is 19.3 Å². The second-order valence-electron chi connectivity index (χ2n) is 7.10. The van der Waals surface area contributed by atoms with Gasteiger partial charge in [-0.25, -0.2) is 0 Å². The number of carbonyl (C=O) groups is 3. The van der Waals surface area contributed by atoms with E-state index in [1.807, 2.05) is 4.90 Å². The lowest BCUT2D eigenvalue weighted by Gasteiger charge is -2.37. The van der Waals surface area contributed by atoms with Crippen molar-refractivity contribution < 1.29 is 14.4 Å². The molecule has 3 rings (SSSR count). The second kappa shape index (κ2) is 7.47. The molecule has 2 heterocycles. The molecule has 1 saturated carbocycles. The molecule has 2 fully saturated rings. The smallest absolute Gasteiger partial charge is 0.253 e. The fourth-order valence-corrected chi connectivity index (χ4v) is 4.00. The van der Waals surface area contributed by atoms with Gasteiger partial charge in [0.2, 0.25) is 5.91 Å². The van der Waals surface area contributed by atoms with Crippen LogP contribution in [0, 0.1) is 11.8 Å². The minimum absolute atomic E-state index is 0.123. The molecule has 0 spiro atoms. The first-order valence-electron chi connectivity index (χ1n) is 9.13. The zero-order valence-corrected chi connectivity index (χ0v) is 14.4. The summed E-state index contributed by atoms with van der Waals surface area (Å²) >= 11 is 0. The Balaban J connectivity index is 1.44. The molecular formula is C18H27N3O3. The van der Waals surface area contributed by atoms with E-state index < -0.39 is 0 Å². The molecule has 0 aromatic rings. The van der Waals surface area contributed by atoms with Gasteiger partial charge in [0.25, 0.3) is 11.8 Å². The van der Waals surface area contributed by atoms with Crippen molar-refractivity contribution in [3.05, 3.63) is 12.2 Å². The number of piperazine rings is 1. The van der Waals surface area contributed by atoms with E-state index in [1.54, 1.807) is 0 Å². The third-order valence-corrected chi connectivity index (χ3v) is 5.67. The predicted molar refractivity (Wildman–Crippen MR) is 90.0 cm³/mol. The zero-order valence-electron chi connectivity index (χ0n) is 14.4. The highest BCUT2D eigenvalue weighted by Gasteiger charge is 2.33. The van der Waals surface area contributed by atoms with E-state index in [1.165, 1.54) is 17.1 Å². The highest BCUT2D eigenvalue weighted by Crippen LogP contribution is 2.31. The number of amides is 3. The summed E-state index contributed by atoms with van der Waals surface area (Å²) in [6.45, 7) is 7.35. The maximum absolute atomic E-state index is 12.7. The molecule has 0 radical (unpaired) electrons. The second-order valence-corrected chi connectivity index (χ2v) is 7.10. The van der Waals surface area contributed by atoms with Crippen molar-refractivity contribution in [1.29, 1.82) is 0 Å². The van der Waals surface area contributed by atoms with E-state index in [4.69, 9.17) is 0 Å². The molecule has 3 amide bonds. The quantitative estimate of drug-likeness (QED) is 0.717. The van der Waals surface area contributed by atoms with Gasteiger partial charge in [-0.2, -0.15) is 0 Å². The Morgan fingerprint density at radius 3 is 2.12 bits per heavy atom. The van der Waals surface area contributed by atoms with Gasteiger partial charge in [-0.05, 0) is 38.1 Å². The van der Waals surface area contributed by atoms with E-state index in [9.17, 15) is 14.4 Å². The number of carbonyl (C=O) groups excluding carboxylic acids is 3. The van der Waals surface area contributed by atoms with Crippen LogP contribution in [-0.2, 0) is 14.4 Å². The van der Waals surface area contributed by atoms with Crippen LogP contribution in [0.1, 0.15) is 32.6 Å². The Bertz CT molecular complexity index is 512. The van der Waals surface area contributed by atoms with Crippen molar-refractivity contribution in [3.8, 4) is 0 Å². The molecule has 1 saturated heterocycles. The number of hydrogen-bond donors (Lipinski definition) is 0. The van der Waals surface area contributed by atoms with E-state index in [0.29, 0.717) is 18.4 Å². The molecule has 3 aliphatic rings. The Kier molecular flexibility index (Phi) is 5.33. The molecule has 1 aliphatic carbocycles. The first-order chi connectivity index (χ1) is 11.6. The standard InChI is InChI=1S/C18H27N3O3/c1-2-19-9-11-20(12-10-19)18(24)15-5-3-14(4-6-15)13-21-16(22)7-8-17(21)23/h7-8,14-15H,2-6,9-13H2,1H3. The van der Waals surface area contributed by atoms with Gasteiger partial charge in [-0.1, -0.05) is 6.92 Å². The van der Waals surface area contributed by atoms with E-state index >= 15 is 0 Å². The van der Waals surface area contributed by atoms with Gasteiger partial charge in [0, 0.05) is 50.8 Å². The summed E-state index contributed by atoms with van der Waals surface area (Å²) in [6, 6.07) is 0. The average Bonchev–Trinajstić information content (AvgIpc) is 2.94. The molecule has 0 unspecified atom stereocenters. The molecule has 6 heteroatoms. The van der Waals surface area contributed by atoms with Crippen molar-refractivity contribution in [2.75, 3.05) is 39.3 Å². The summed E-state index contributed by atoms with van der Waals surface area (Å²) in [7, 11) is 0. The normalized spacial score (nSPS) is 28.7. The molecule has 0 bridgehead atoms. The summed E-state index contributed by atoms with van der Waals surface area (Å²) in [4.78, 5) is 41.7. The molecule has 24 heavy (non-hydrogen) atoms. The Morgan fingerprint density at radius 1 is 1.00 bits per heavy atom. The number of imide groups is 1. The van der Waals surface area contributed by atoms with Crippen molar-refractivity contribution in [2.24, 2.45) is 11.8 Å². The van der Waals surface area contributed by atoms with Crippen LogP contribution >= 0.6 is 0 Å². The van der Waals surface area contributed by atoms with Crippen LogP contribution in [0.2, 0.25) is 0 Å². The van der Waals surface area contributed by atoms with Crippen LogP contribution in [0.25, 0.3) is 0 Å². The topological polar surface area (TPSA) is 60.9 Å². The van der Waals surface area contributed by atoms with E-state index in [0.717, 1.165) is 58.4 Å². The van der Waals surface area contributed by atoms with Crippen LogP contribution < -0.4 is 0 Å². The molecule has 0 atom stereocenters. The third kappa shape index (κ3) is 3.69. The lowest BCUT2D eigenvalue weighted by molar-refractivity contribution is -0.141. The van der Waals surface area contributed by atoms with Gasteiger partial charge < -0.3 is 9.80 Å². The summed E-state index contributed by atoms with van der Waals surface area (Å²) in [5.74, 6) is 0.356. The highest BCUT2D eigenvalue weighted by molar-refractivity contribution is 6.12. The molecule has 132 valence electrons. The summed E-state index contributed by atoms with van der Waals surface area (Å²) in [6.07, 6.45) is 6.27. The Morgan fingerprint density at radius 2 is 1.58 bits per heavy atom. The van der Waals surface area contributed by atoms with Crippen molar-refractivity contribution in [1.82, 2.24) is 14.7 Å². The predicted octanol–water partition coefficient (Wildman–Crippen LogP) is 0.882. The Labute approximate surface area is 143 Å². The fraction of sp³-hybridized carbons (Fsp3) is 0.722. The van der Waals surface area contributed by atoms with Gasteiger partial charge >= 0.3 is 0 Å². The molecule has 0 aromatic carbocycles. The largest absolute Gasteiger partial charge is 0.340 e. The number of nitrogens with zero attached hydrogens (tertiary/aromatic N) is 3. The SMILES string of the molecule is CCN1CCN(C(=O)C2CCC(CN3C(=O)C=CC3=O)CC2)CC1. The van der Waals surface area contributed by atoms with Crippen molar-refractivity contribution in [3.63, 3.8) is 0 Å². The van der Waals surface area contributed by atoms with Gasteiger partial charge in [0.05, 0.1) is 0 Å². The minimum atomic E-state index is -0.202. The van der Waals surface area contributed by atoms with Crippen molar-refractivity contribution >= 4 is 17.7 Å². The monoisotopic (exact) mass is 333 g/mol. The Hall–Kier alpha value is -1.69. The summed E-state index contributed by atoms with van der Waals surface area (Å²) in [5.41, 5.74) is 0. The first kappa shape index (κ1) is 17.1. The zero-order chi connectivity index (χ0) is 17.1. The highest BCUT2D eigenvalue weighted by atomic mass is 16.2. The molecule has 0 aromatic heterocycles. The first-order valence-corrected chi connectivity index (χ1v) is 9.13. The minimum Gasteiger partial charge on any atom is -0.340 e. The maximum atomic E-state index is 12.7. The van der Waals surface area contributed by atoms with Gasteiger partial charge in [0.15, 0.2) is 0 Å². The van der Waals surface area contributed by atoms with Crippen LogP contribution in [0.4, 0.5) is 0 Å². The molecule has 6 nitrogen and oxygen atoms in total. The van der Waals surface area contributed by atoms with Gasteiger partial charge in [0.1, 0.15) is 0 Å². The molecule has 0 N–H and O–H groups in total. The summed E-state index contributed by atoms with van der Waals surface area (Å²) < 4.78 is 0. The number of hydrogen-bond acceptors (Lipinski definition) is 4. The molecule has 2 aliphatic heterocycles. The lowest BCUT2D eigenvalue weighted by atomic mass is 9.81. The van der Waals surface area contributed by atoms with Crippen LogP contribution in [0.3, 0.4) is 0 Å². The summed E-state index contributed by atoms with van der Waals surface area (Å²) in [5, 5.41) is 0. The average molecular weight is 333 g/mol. The number of rotatable bonds is 4.